The van der Waals surface area contributed by atoms with Gasteiger partial charge in [0.2, 0.25) is 0 Å². The molecule has 1 heterocycles. The van der Waals surface area contributed by atoms with Gasteiger partial charge in [-0.05, 0) is 19.1 Å². The van der Waals surface area contributed by atoms with Crippen molar-refractivity contribution < 1.29 is 9.90 Å². The topological polar surface area (TPSA) is 62.2 Å². The van der Waals surface area contributed by atoms with Crippen molar-refractivity contribution in [3.8, 4) is 0 Å². The summed E-state index contributed by atoms with van der Waals surface area (Å²) in [7, 11) is 0. The summed E-state index contributed by atoms with van der Waals surface area (Å²) in [6.07, 6.45) is 0. The summed E-state index contributed by atoms with van der Waals surface area (Å²) in [4.78, 5) is 16.2. The van der Waals surface area contributed by atoms with E-state index in [1.165, 1.54) is 0 Å². The minimum atomic E-state index is -0.206. The molecule has 0 saturated carbocycles. The van der Waals surface area contributed by atoms with E-state index in [0.29, 0.717) is 11.1 Å². The normalized spacial score (nSPS) is 10.5. The summed E-state index contributed by atoms with van der Waals surface area (Å²) in [5.74, 6) is -0.206. The third-order valence-electron chi connectivity index (χ3n) is 2.50. The highest BCUT2D eigenvalue weighted by atomic mass is 16.3. The lowest BCUT2D eigenvalue weighted by Crippen LogP contribution is -2.26. The van der Waals surface area contributed by atoms with Crippen LogP contribution < -0.4 is 5.32 Å². The molecule has 0 aliphatic carbocycles. The first-order chi connectivity index (χ1) is 8.22. The lowest BCUT2D eigenvalue weighted by Gasteiger charge is -2.06. The number of rotatable bonds is 3. The molecule has 1 amide bonds. The van der Waals surface area contributed by atoms with Crippen molar-refractivity contribution in [1.29, 1.82) is 0 Å². The molecular formula is C13H14N2O2. The van der Waals surface area contributed by atoms with Gasteiger partial charge in [-0.25, -0.2) is 0 Å². The molecule has 0 fully saturated rings. The Labute approximate surface area is 99.3 Å². The molecule has 2 N–H and O–H groups in total. The van der Waals surface area contributed by atoms with Crippen LogP contribution in [-0.4, -0.2) is 29.1 Å². The van der Waals surface area contributed by atoms with E-state index in [2.05, 4.69) is 10.3 Å². The second-order valence-electron chi connectivity index (χ2n) is 3.81. The van der Waals surface area contributed by atoms with Gasteiger partial charge >= 0.3 is 0 Å². The zero-order chi connectivity index (χ0) is 12.3. The maximum absolute atomic E-state index is 11.9. The van der Waals surface area contributed by atoms with Crippen LogP contribution in [0.4, 0.5) is 0 Å². The Morgan fingerprint density at radius 2 is 2.18 bits per heavy atom. The SMILES string of the molecule is Cc1ccc2cccc(C(=O)NCCO)c2n1. The summed E-state index contributed by atoms with van der Waals surface area (Å²) >= 11 is 0. The quantitative estimate of drug-likeness (QED) is 0.834. The standard InChI is InChI=1S/C13H14N2O2/c1-9-5-6-10-3-2-4-11(12(10)15-9)13(17)14-7-8-16/h2-6,16H,7-8H2,1H3,(H,14,17). The molecule has 1 aromatic carbocycles. The second kappa shape index (κ2) is 4.93. The molecule has 0 spiro atoms. The number of nitrogens with zero attached hydrogens (tertiary/aromatic N) is 1. The monoisotopic (exact) mass is 230 g/mol. The Bertz CT molecular complexity index is 552. The van der Waals surface area contributed by atoms with Crippen LogP contribution in [0.2, 0.25) is 0 Å². The third-order valence-corrected chi connectivity index (χ3v) is 2.50. The molecule has 0 unspecified atom stereocenters. The molecule has 1 aromatic heterocycles. The Hall–Kier alpha value is -1.94. The lowest BCUT2D eigenvalue weighted by molar-refractivity contribution is 0.0946. The average Bonchev–Trinajstić information content (AvgIpc) is 2.35. The number of pyridine rings is 1. The first-order valence-electron chi connectivity index (χ1n) is 5.48. The highest BCUT2D eigenvalue weighted by molar-refractivity contribution is 6.05. The van der Waals surface area contributed by atoms with E-state index in [1.54, 1.807) is 6.07 Å². The Morgan fingerprint density at radius 1 is 1.35 bits per heavy atom. The predicted molar refractivity (Wildman–Crippen MR) is 65.9 cm³/mol. The van der Waals surface area contributed by atoms with Crippen LogP contribution in [0.25, 0.3) is 10.9 Å². The number of carbonyl (C=O) groups excluding carboxylic acids is 1. The van der Waals surface area contributed by atoms with Crippen LogP contribution in [0.15, 0.2) is 30.3 Å². The number of aromatic nitrogens is 1. The maximum atomic E-state index is 11.9. The summed E-state index contributed by atoms with van der Waals surface area (Å²) in [6, 6.07) is 9.34. The molecule has 88 valence electrons. The van der Waals surface area contributed by atoms with E-state index in [-0.39, 0.29) is 19.1 Å². The number of nitrogens with one attached hydrogen (secondary N) is 1. The van der Waals surface area contributed by atoms with E-state index in [1.807, 2.05) is 31.2 Å². The van der Waals surface area contributed by atoms with Gasteiger partial charge in [0.05, 0.1) is 17.7 Å². The maximum Gasteiger partial charge on any atom is 0.253 e. The number of benzene rings is 1. The van der Waals surface area contributed by atoms with E-state index in [0.717, 1.165) is 11.1 Å². The predicted octanol–water partition coefficient (Wildman–Crippen LogP) is 1.27. The number of aliphatic hydroxyl groups excluding tert-OH is 1. The molecule has 0 aliphatic rings. The highest BCUT2D eigenvalue weighted by Gasteiger charge is 2.10. The largest absolute Gasteiger partial charge is 0.395 e. The number of aryl methyl sites for hydroxylation is 1. The number of hydrogen-bond donors (Lipinski definition) is 2. The molecule has 17 heavy (non-hydrogen) atoms. The summed E-state index contributed by atoms with van der Waals surface area (Å²) in [6.45, 7) is 2.08. The molecule has 0 bridgehead atoms. The Morgan fingerprint density at radius 3 is 2.94 bits per heavy atom. The number of para-hydroxylation sites is 1. The van der Waals surface area contributed by atoms with E-state index >= 15 is 0 Å². The van der Waals surface area contributed by atoms with Crippen LogP contribution in [-0.2, 0) is 0 Å². The van der Waals surface area contributed by atoms with Gasteiger partial charge in [-0.15, -0.1) is 0 Å². The van der Waals surface area contributed by atoms with Gasteiger partial charge in [0.25, 0.3) is 5.91 Å². The molecule has 0 atom stereocenters. The molecule has 0 saturated heterocycles. The fourth-order valence-corrected chi connectivity index (χ4v) is 1.69. The van der Waals surface area contributed by atoms with Crippen molar-refractivity contribution in [1.82, 2.24) is 10.3 Å². The number of amides is 1. The van der Waals surface area contributed by atoms with Crippen molar-refractivity contribution in [3.05, 3.63) is 41.6 Å². The molecule has 2 rings (SSSR count). The van der Waals surface area contributed by atoms with Gasteiger partial charge in [0.15, 0.2) is 0 Å². The van der Waals surface area contributed by atoms with Gasteiger partial charge in [0.1, 0.15) is 0 Å². The smallest absolute Gasteiger partial charge is 0.253 e. The molecule has 0 radical (unpaired) electrons. The van der Waals surface area contributed by atoms with Crippen LogP contribution in [0, 0.1) is 6.92 Å². The van der Waals surface area contributed by atoms with Crippen molar-refractivity contribution in [2.75, 3.05) is 13.2 Å². The number of carbonyl (C=O) groups is 1. The molecule has 0 aliphatic heterocycles. The zero-order valence-corrected chi connectivity index (χ0v) is 9.60. The van der Waals surface area contributed by atoms with Crippen LogP contribution >= 0.6 is 0 Å². The van der Waals surface area contributed by atoms with Gasteiger partial charge in [-0.2, -0.15) is 0 Å². The molecule has 4 nitrogen and oxygen atoms in total. The minimum absolute atomic E-state index is 0.0665. The van der Waals surface area contributed by atoms with Crippen molar-refractivity contribution in [2.24, 2.45) is 0 Å². The van der Waals surface area contributed by atoms with Crippen molar-refractivity contribution >= 4 is 16.8 Å². The lowest BCUT2D eigenvalue weighted by atomic mass is 10.1. The Kier molecular flexibility index (Phi) is 3.35. The zero-order valence-electron chi connectivity index (χ0n) is 9.60. The van der Waals surface area contributed by atoms with Gasteiger partial charge < -0.3 is 10.4 Å². The first-order valence-corrected chi connectivity index (χ1v) is 5.48. The number of aliphatic hydroxyl groups is 1. The van der Waals surface area contributed by atoms with E-state index in [4.69, 9.17) is 5.11 Å². The van der Waals surface area contributed by atoms with Crippen LogP contribution in [0.3, 0.4) is 0 Å². The first kappa shape index (κ1) is 11.5. The minimum Gasteiger partial charge on any atom is -0.395 e. The number of hydrogen-bond acceptors (Lipinski definition) is 3. The summed E-state index contributed by atoms with van der Waals surface area (Å²) in [5.41, 5.74) is 2.11. The molecular weight excluding hydrogens is 216 g/mol. The Balaban J connectivity index is 2.46. The summed E-state index contributed by atoms with van der Waals surface area (Å²) < 4.78 is 0. The highest BCUT2D eigenvalue weighted by Crippen LogP contribution is 2.17. The van der Waals surface area contributed by atoms with Gasteiger partial charge in [-0.3, -0.25) is 9.78 Å². The van der Waals surface area contributed by atoms with Crippen LogP contribution in [0.1, 0.15) is 16.1 Å². The second-order valence-corrected chi connectivity index (χ2v) is 3.81. The van der Waals surface area contributed by atoms with Gasteiger partial charge in [-0.1, -0.05) is 18.2 Å². The summed E-state index contributed by atoms with van der Waals surface area (Å²) in [5, 5.41) is 12.3. The van der Waals surface area contributed by atoms with E-state index in [9.17, 15) is 4.79 Å². The van der Waals surface area contributed by atoms with E-state index < -0.39 is 0 Å². The van der Waals surface area contributed by atoms with Crippen molar-refractivity contribution in [2.45, 2.75) is 6.92 Å². The van der Waals surface area contributed by atoms with Gasteiger partial charge in [0, 0.05) is 17.6 Å². The average molecular weight is 230 g/mol. The third kappa shape index (κ3) is 2.42. The fraction of sp³-hybridized carbons (Fsp3) is 0.231. The van der Waals surface area contributed by atoms with Crippen molar-refractivity contribution in [3.63, 3.8) is 0 Å². The fourth-order valence-electron chi connectivity index (χ4n) is 1.69. The number of fused-ring (bicyclic) bond motifs is 1. The molecule has 2 aromatic rings. The van der Waals surface area contributed by atoms with Crippen LogP contribution in [0.5, 0.6) is 0 Å². The molecule has 4 heteroatoms.